The van der Waals surface area contributed by atoms with Gasteiger partial charge in [-0.25, -0.2) is 9.18 Å². The number of carboxylic acid groups (broad SMARTS) is 1. The lowest BCUT2D eigenvalue weighted by Gasteiger charge is -2.12. The summed E-state index contributed by atoms with van der Waals surface area (Å²) in [5.41, 5.74) is -1.36. The van der Waals surface area contributed by atoms with E-state index >= 15 is 0 Å². The largest absolute Gasteiger partial charge is 0.477 e. The Hall–Kier alpha value is -2.22. The van der Waals surface area contributed by atoms with Gasteiger partial charge >= 0.3 is 5.97 Å². The van der Waals surface area contributed by atoms with Crippen LogP contribution in [0.1, 0.15) is 16.8 Å². The standard InChI is InChI=1S/C12H13FN2O5/c13-9-4-11(15(18)19)8(12(16)17)3-10(9)14-5-7-1-2-20-6-7/h3-4,7,14H,1-2,5-6H2,(H,16,17). The van der Waals surface area contributed by atoms with Crippen LogP contribution >= 0.6 is 0 Å². The molecule has 0 radical (unpaired) electrons. The number of anilines is 1. The van der Waals surface area contributed by atoms with Crippen molar-refractivity contribution in [2.75, 3.05) is 25.1 Å². The predicted octanol–water partition coefficient (Wildman–Crippen LogP) is 1.88. The van der Waals surface area contributed by atoms with Crippen LogP contribution in [0.2, 0.25) is 0 Å². The van der Waals surface area contributed by atoms with Gasteiger partial charge in [0.15, 0.2) is 5.82 Å². The van der Waals surface area contributed by atoms with Gasteiger partial charge in [0.25, 0.3) is 5.69 Å². The van der Waals surface area contributed by atoms with Gasteiger partial charge in [0.2, 0.25) is 0 Å². The molecule has 20 heavy (non-hydrogen) atoms. The number of nitro benzene ring substituents is 1. The molecule has 1 atom stereocenters. The Balaban J connectivity index is 2.22. The van der Waals surface area contributed by atoms with E-state index in [1.165, 1.54) is 0 Å². The second kappa shape index (κ2) is 5.83. The highest BCUT2D eigenvalue weighted by Crippen LogP contribution is 2.26. The monoisotopic (exact) mass is 284 g/mol. The number of hydrogen-bond donors (Lipinski definition) is 2. The Bertz CT molecular complexity index is 543. The molecule has 2 N–H and O–H groups in total. The minimum Gasteiger partial charge on any atom is -0.477 e. The molecular formula is C12H13FN2O5. The van der Waals surface area contributed by atoms with Crippen molar-refractivity contribution in [2.45, 2.75) is 6.42 Å². The van der Waals surface area contributed by atoms with Crippen LogP contribution in [0.5, 0.6) is 0 Å². The maximum Gasteiger partial charge on any atom is 0.342 e. The minimum atomic E-state index is -1.47. The molecule has 2 rings (SSSR count). The summed E-state index contributed by atoms with van der Waals surface area (Å²) in [4.78, 5) is 20.8. The maximum atomic E-state index is 13.7. The Kier molecular flexibility index (Phi) is 4.14. The van der Waals surface area contributed by atoms with E-state index < -0.39 is 28.0 Å². The molecule has 1 fully saturated rings. The van der Waals surface area contributed by atoms with Crippen LogP contribution in [0.15, 0.2) is 12.1 Å². The van der Waals surface area contributed by atoms with E-state index in [-0.39, 0.29) is 11.6 Å². The van der Waals surface area contributed by atoms with Crippen LogP contribution in [-0.2, 0) is 4.74 Å². The summed E-state index contributed by atoms with van der Waals surface area (Å²) in [6, 6.07) is 1.57. The van der Waals surface area contributed by atoms with Crippen molar-refractivity contribution < 1.29 is 24.0 Å². The van der Waals surface area contributed by atoms with Crippen LogP contribution in [0.25, 0.3) is 0 Å². The minimum absolute atomic E-state index is 0.0556. The molecule has 1 saturated heterocycles. The van der Waals surface area contributed by atoms with E-state index in [0.717, 1.165) is 12.5 Å². The summed E-state index contributed by atoms with van der Waals surface area (Å²) in [5, 5.41) is 22.4. The first-order valence-corrected chi connectivity index (χ1v) is 6.02. The summed E-state index contributed by atoms with van der Waals surface area (Å²) in [6.07, 6.45) is 0.841. The number of nitrogens with zero attached hydrogens (tertiary/aromatic N) is 1. The Morgan fingerprint density at radius 1 is 1.60 bits per heavy atom. The van der Waals surface area contributed by atoms with Crippen LogP contribution in [0.3, 0.4) is 0 Å². The normalized spacial score (nSPS) is 17.9. The van der Waals surface area contributed by atoms with E-state index in [2.05, 4.69) is 5.32 Å². The summed E-state index contributed by atoms with van der Waals surface area (Å²) in [5.74, 6) is -2.09. The van der Waals surface area contributed by atoms with Gasteiger partial charge in [-0.3, -0.25) is 10.1 Å². The highest BCUT2D eigenvalue weighted by Gasteiger charge is 2.24. The first-order valence-electron chi connectivity index (χ1n) is 6.02. The SMILES string of the molecule is O=C(O)c1cc(NCC2CCOC2)c(F)cc1[N+](=O)[O-]. The maximum absolute atomic E-state index is 13.7. The molecule has 8 heteroatoms. The van der Waals surface area contributed by atoms with Crippen molar-refractivity contribution in [3.8, 4) is 0 Å². The van der Waals surface area contributed by atoms with E-state index in [9.17, 15) is 19.3 Å². The number of carboxylic acids is 1. The van der Waals surface area contributed by atoms with Crippen molar-refractivity contribution in [3.05, 3.63) is 33.6 Å². The third kappa shape index (κ3) is 3.02. The number of nitrogens with one attached hydrogen (secondary N) is 1. The van der Waals surface area contributed by atoms with Crippen molar-refractivity contribution in [1.82, 2.24) is 0 Å². The van der Waals surface area contributed by atoms with E-state index in [0.29, 0.717) is 25.8 Å². The molecule has 1 aliphatic rings. The number of benzene rings is 1. The highest BCUT2D eigenvalue weighted by molar-refractivity contribution is 5.93. The number of hydrogen-bond acceptors (Lipinski definition) is 5. The second-order valence-corrected chi connectivity index (χ2v) is 4.52. The van der Waals surface area contributed by atoms with Crippen LogP contribution in [-0.4, -0.2) is 35.8 Å². The summed E-state index contributed by atoms with van der Waals surface area (Å²) >= 11 is 0. The molecular weight excluding hydrogens is 271 g/mol. The van der Waals surface area contributed by atoms with E-state index in [1.807, 2.05) is 0 Å². The van der Waals surface area contributed by atoms with Gasteiger partial charge in [0.1, 0.15) is 5.56 Å². The molecule has 0 saturated carbocycles. The molecule has 1 aliphatic heterocycles. The third-order valence-electron chi connectivity index (χ3n) is 3.12. The fraction of sp³-hybridized carbons (Fsp3) is 0.417. The van der Waals surface area contributed by atoms with Gasteiger partial charge in [-0.05, 0) is 12.5 Å². The van der Waals surface area contributed by atoms with E-state index in [1.54, 1.807) is 0 Å². The average molecular weight is 284 g/mol. The Morgan fingerprint density at radius 2 is 2.35 bits per heavy atom. The zero-order valence-corrected chi connectivity index (χ0v) is 10.5. The highest BCUT2D eigenvalue weighted by atomic mass is 19.1. The molecule has 0 bridgehead atoms. The number of aromatic carboxylic acids is 1. The first-order chi connectivity index (χ1) is 9.49. The molecule has 1 heterocycles. The number of halogens is 1. The van der Waals surface area contributed by atoms with Gasteiger partial charge in [-0.15, -0.1) is 0 Å². The van der Waals surface area contributed by atoms with E-state index in [4.69, 9.17) is 9.84 Å². The van der Waals surface area contributed by atoms with Crippen molar-refractivity contribution in [2.24, 2.45) is 5.92 Å². The van der Waals surface area contributed by atoms with Crippen LogP contribution < -0.4 is 5.32 Å². The lowest BCUT2D eigenvalue weighted by molar-refractivity contribution is -0.385. The number of nitro groups is 1. The molecule has 0 amide bonds. The third-order valence-corrected chi connectivity index (χ3v) is 3.12. The lowest BCUT2D eigenvalue weighted by Crippen LogP contribution is -2.15. The molecule has 0 spiro atoms. The molecule has 108 valence electrons. The smallest absolute Gasteiger partial charge is 0.342 e. The molecule has 1 unspecified atom stereocenters. The lowest BCUT2D eigenvalue weighted by atomic mass is 10.1. The number of carbonyl (C=O) groups is 1. The number of ether oxygens (including phenoxy) is 1. The Labute approximate surface area is 113 Å². The summed E-state index contributed by atoms with van der Waals surface area (Å²) < 4.78 is 18.9. The summed E-state index contributed by atoms with van der Waals surface area (Å²) in [7, 11) is 0. The molecule has 1 aromatic rings. The van der Waals surface area contributed by atoms with Gasteiger partial charge < -0.3 is 15.2 Å². The zero-order chi connectivity index (χ0) is 14.7. The quantitative estimate of drug-likeness (QED) is 0.632. The topological polar surface area (TPSA) is 102 Å². The first kappa shape index (κ1) is 14.2. The van der Waals surface area contributed by atoms with Crippen LogP contribution in [0, 0.1) is 21.8 Å². The Morgan fingerprint density at radius 3 is 2.90 bits per heavy atom. The van der Waals surface area contributed by atoms with Gasteiger partial charge in [0.05, 0.1) is 23.3 Å². The van der Waals surface area contributed by atoms with Gasteiger partial charge in [0, 0.05) is 19.1 Å². The fourth-order valence-electron chi connectivity index (χ4n) is 2.02. The second-order valence-electron chi connectivity index (χ2n) is 4.52. The molecule has 7 nitrogen and oxygen atoms in total. The van der Waals surface area contributed by atoms with Crippen molar-refractivity contribution >= 4 is 17.3 Å². The summed E-state index contributed by atoms with van der Waals surface area (Å²) in [6.45, 7) is 1.64. The predicted molar refractivity (Wildman–Crippen MR) is 67.4 cm³/mol. The zero-order valence-electron chi connectivity index (χ0n) is 10.5. The van der Waals surface area contributed by atoms with Crippen LogP contribution in [0.4, 0.5) is 15.8 Å². The van der Waals surface area contributed by atoms with Crippen molar-refractivity contribution in [1.29, 1.82) is 0 Å². The van der Waals surface area contributed by atoms with Gasteiger partial charge in [-0.1, -0.05) is 0 Å². The average Bonchev–Trinajstić information content (AvgIpc) is 2.89. The molecule has 0 aromatic heterocycles. The van der Waals surface area contributed by atoms with Crippen molar-refractivity contribution in [3.63, 3.8) is 0 Å². The molecule has 1 aromatic carbocycles. The molecule has 0 aliphatic carbocycles. The number of rotatable bonds is 5. The fourth-order valence-corrected chi connectivity index (χ4v) is 2.02. The van der Waals surface area contributed by atoms with Gasteiger partial charge in [-0.2, -0.15) is 0 Å².